The normalized spacial score (nSPS) is 16.1. The average Bonchev–Trinajstić information content (AvgIpc) is 3.31. The van der Waals surface area contributed by atoms with Crippen LogP contribution in [0.4, 0.5) is 0 Å². The number of H-pyrrole nitrogens is 1. The van der Waals surface area contributed by atoms with E-state index >= 15 is 0 Å². The molecule has 0 fully saturated rings. The highest BCUT2D eigenvalue weighted by molar-refractivity contribution is 5.97. The molecule has 0 unspecified atom stereocenters. The van der Waals surface area contributed by atoms with Gasteiger partial charge in [0.2, 0.25) is 0 Å². The van der Waals surface area contributed by atoms with Gasteiger partial charge in [-0.25, -0.2) is 4.79 Å². The molecule has 0 saturated carbocycles. The number of fused-ring (bicyclic) bond motifs is 3. The van der Waals surface area contributed by atoms with Crippen LogP contribution in [0.2, 0.25) is 0 Å². The molecule has 27 heavy (non-hydrogen) atoms. The van der Waals surface area contributed by atoms with E-state index in [4.69, 9.17) is 9.15 Å². The third-order valence-corrected chi connectivity index (χ3v) is 5.04. The van der Waals surface area contributed by atoms with E-state index in [0.717, 1.165) is 23.7 Å². The summed E-state index contributed by atoms with van der Waals surface area (Å²) in [5.74, 6) is 0.425. The zero-order valence-electron chi connectivity index (χ0n) is 15.2. The number of carbonyl (C=O) groups is 2. The van der Waals surface area contributed by atoms with Crippen molar-refractivity contribution in [3.63, 3.8) is 0 Å². The molecule has 1 atom stereocenters. The molecule has 6 nitrogen and oxygen atoms in total. The Morgan fingerprint density at radius 3 is 3.04 bits per heavy atom. The van der Waals surface area contributed by atoms with Crippen molar-refractivity contribution in [2.75, 3.05) is 6.61 Å². The van der Waals surface area contributed by atoms with Gasteiger partial charge in [0, 0.05) is 16.6 Å². The highest BCUT2D eigenvalue weighted by Crippen LogP contribution is 2.32. The van der Waals surface area contributed by atoms with Crippen molar-refractivity contribution in [3.05, 3.63) is 59.2 Å². The number of rotatable bonds is 5. The molecule has 1 amide bonds. The fraction of sp³-hybridized carbons (Fsp3) is 0.333. The Morgan fingerprint density at radius 2 is 2.22 bits per heavy atom. The first-order chi connectivity index (χ1) is 13.1. The SMILES string of the molecule is C[C@@H]1CCc2[nH]c3ccc(C(=O)OCC(=O)NCc4ccco4)cc3c2C1. The lowest BCUT2D eigenvalue weighted by Gasteiger charge is -2.18. The maximum Gasteiger partial charge on any atom is 0.338 e. The van der Waals surface area contributed by atoms with Crippen LogP contribution in [0.25, 0.3) is 10.9 Å². The maximum atomic E-state index is 12.3. The molecule has 2 N–H and O–H groups in total. The van der Waals surface area contributed by atoms with Crippen LogP contribution in [0.1, 0.15) is 40.7 Å². The lowest BCUT2D eigenvalue weighted by molar-refractivity contribution is -0.124. The number of hydrogen-bond acceptors (Lipinski definition) is 4. The van der Waals surface area contributed by atoms with Crippen molar-refractivity contribution >= 4 is 22.8 Å². The first-order valence-corrected chi connectivity index (χ1v) is 9.20. The van der Waals surface area contributed by atoms with Gasteiger partial charge in [-0.3, -0.25) is 4.79 Å². The van der Waals surface area contributed by atoms with Crippen LogP contribution < -0.4 is 5.32 Å². The molecule has 0 aliphatic heterocycles. The summed E-state index contributed by atoms with van der Waals surface area (Å²) in [7, 11) is 0. The summed E-state index contributed by atoms with van der Waals surface area (Å²) in [6, 6.07) is 9.02. The monoisotopic (exact) mass is 366 g/mol. The van der Waals surface area contributed by atoms with Gasteiger partial charge < -0.3 is 19.5 Å². The van der Waals surface area contributed by atoms with Crippen LogP contribution in [-0.4, -0.2) is 23.5 Å². The number of aromatic nitrogens is 1. The predicted octanol–water partition coefficient (Wildman–Crippen LogP) is 3.36. The zero-order chi connectivity index (χ0) is 18.8. The number of ether oxygens (including phenoxy) is 1. The number of benzene rings is 1. The minimum absolute atomic E-state index is 0.267. The van der Waals surface area contributed by atoms with Gasteiger partial charge in [-0.15, -0.1) is 0 Å². The summed E-state index contributed by atoms with van der Waals surface area (Å²) in [5, 5.41) is 3.73. The van der Waals surface area contributed by atoms with E-state index in [1.54, 1.807) is 18.2 Å². The van der Waals surface area contributed by atoms with Gasteiger partial charge in [-0.05, 0) is 61.1 Å². The second kappa shape index (κ2) is 7.31. The number of nitrogens with one attached hydrogen (secondary N) is 2. The summed E-state index contributed by atoms with van der Waals surface area (Å²) in [6.45, 7) is 2.20. The number of aromatic amines is 1. The number of furan rings is 1. The quantitative estimate of drug-likeness (QED) is 0.678. The smallest absolute Gasteiger partial charge is 0.338 e. The van der Waals surface area contributed by atoms with E-state index in [2.05, 4.69) is 17.2 Å². The second-order valence-corrected chi connectivity index (χ2v) is 7.12. The number of amides is 1. The molecule has 0 radical (unpaired) electrons. The molecule has 140 valence electrons. The summed E-state index contributed by atoms with van der Waals surface area (Å²) in [4.78, 5) is 27.6. The van der Waals surface area contributed by atoms with Gasteiger partial charge in [0.05, 0.1) is 18.4 Å². The Labute approximate surface area is 156 Å². The highest BCUT2D eigenvalue weighted by Gasteiger charge is 2.21. The fourth-order valence-corrected chi connectivity index (χ4v) is 3.58. The van der Waals surface area contributed by atoms with Crippen molar-refractivity contribution in [3.8, 4) is 0 Å². The van der Waals surface area contributed by atoms with E-state index < -0.39 is 5.97 Å². The maximum absolute atomic E-state index is 12.3. The number of carbonyl (C=O) groups excluding carboxylic acids is 2. The van der Waals surface area contributed by atoms with E-state index in [1.165, 1.54) is 23.9 Å². The van der Waals surface area contributed by atoms with Gasteiger partial charge in [0.25, 0.3) is 5.91 Å². The second-order valence-electron chi connectivity index (χ2n) is 7.12. The molecular formula is C21H22N2O4. The molecule has 2 heterocycles. The number of hydrogen-bond donors (Lipinski definition) is 2. The Kier molecular flexibility index (Phi) is 4.71. The van der Waals surface area contributed by atoms with E-state index in [9.17, 15) is 9.59 Å². The molecule has 1 aliphatic rings. The Morgan fingerprint density at radius 1 is 1.33 bits per heavy atom. The summed E-state index contributed by atoms with van der Waals surface area (Å²) in [6.07, 6.45) is 4.78. The minimum Gasteiger partial charge on any atom is -0.467 e. The molecule has 4 rings (SSSR count). The fourth-order valence-electron chi connectivity index (χ4n) is 3.58. The largest absolute Gasteiger partial charge is 0.467 e. The summed E-state index contributed by atoms with van der Waals surface area (Å²) >= 11 is 0. The third kappa shape index (κ3) is 3.74. The molecule has 2 aromatic heterocycles. The first kappa shape index (κ1) is 17.4. The topological polar surface area (TPSA) is 84.3 Å². The highest BCUT2D eigenvalue weighted by atomic mass is 16.5. The summed E-state index contributed by atoms with van der Waals surface area (Å²) in [5.41, 5.74) is 4.07. The van der Waals surface area contributed by atoms with Crippen LogP contribution in [-0.2, 0) is 28.9 Å². The van der Waals surface area contributed by atoms with E-state index in [-0.39, 0.29) is 19.1 Å². The Hall–Kier alpha value is -3.02. The van der Waals surface area contributed by atoms with Crippen LogP contribution >= 0.6 is 0 Å². The van der Waals surface area contributed by atoms with Crippen molar-refractivity contribution in [2.24, 2.45) is 5.92 Å². The molecule has 0 bridgehead atoms. The Balaban J connectivity index is 1.40. The van der Waals surface area contributed by atoms with Crippen molar-refractivity contribution in [1.82, 2.24) is 10.3 Å². The number of esters is 1. The minimum atomic E-state index is -0.496. The molecule has 0 saturated heterocycles. The number of aryl methyl sites for hydroxylation is 1. The van der Waals surface area contributed by atoms with Gasteiger partial charge in [-0.2, -0.15) is 0 Å². The van der Waals surface area contributed by atoms with Gasteiger partial charge in [0.1, 0.15) is 5.76 Å². The van der Waals surface area contributed by atoms with Crippen LogP contribution in [0.15, 0.2) is 41.0 Å². The van der Waals surface area contributed by atoms with Gasteiger partial charge >= 0.3 is 5.97 Å². The van der Waals surface area contributed by atoms with Crippen molar-refractivity contribution in [2.45, 2.75) is 32.7 Å². The predicted molar refractivity (Wildman–Crippen MR) is 100 cm³/mol. The molecule has 6 heteroatoms. The Bertz CT molecular complexity index is 972. The molecular weight excluding hydrogens is 344 g/mol. The lowest BCUT2D eigenvalue weighted by Crippen LogP contribution is -2.28. The third-order valence-electron chi connectivity index (χ3n) is 5.04. The molecule has 0 spiro atoms. The van der Waals surface area contributed by atoms with E-state index in [1.807, 2.05) is 12.1 Å². The molecule has 3 aromatic rings. The van der Waals surface area contributed by atoms with E-state index in [0.29, 0.717) is 17.2 Å². The first-order valence-electron chi connectivity index (χ1n) is 9.20. The van der Waals surface area contributed by atoms with Crippen LogP contribution in [0.3, 0.4) is 0 Å². The standard InChI is InChI=1S/C21H22N2O4/c1-13-4-6-18-16(9-13)17-10-14(5-7-19(17)23-18)21(25)27-12-20(24)22-11-15-3-2-8-26-15/h2-3,5,7-8,10,13,23H,4,6,9,11-12H2,1H3,(H,22,24)/t13-/m1/s1. The van der Waals surface area contributed by atoms with Crippen molar-refractivity contribution in [1.29, 1.82) is 0 Å². The molecule has 1 aliphatic carbocycles. The summed E-state index contributed by atoms with van der Waals surface area (Å²) < 4.78 is 10.3. The lowest BCUT2D eigenvalue weighted by atomic mass is 9.87. The van der Waals surface area contributed by atoms with Crippen LogP contribution in [0.5, 0.6) is 0 Å². The van der Waals surface area contributed by atoms with Crippen molar-refractivity contribution < 1.29 is 18.7 Å². The van der Waals surface area contributed by atoms with Crippen LogP contribution in [0, 0.1) is 5.92 Å². The zero-order valence-corrected chi connectivity index (χ0v) is 15.2. The average molecular weight is 366 g/mol. The van der Waals surface area contributed by atoms with Gasteiger partial charge in [-0.1, -0.05) is 6.92 Å². The molecule has 1 aromatic carbocycles. The van der Waals surface area contributed by atoms with Gasteiger partial charge in [0.15, 0.2) is 6.61 Å².